The highest BCUT2D eigenvalue weighted by Gasteiger charge is 2.38. The molecular formula is C28H48N6O4. The average molecular weight is 533 g/mol. The Bertz CT molecular complexity index is 830. The minimum Gasteiger partial charge on any atom is -0.450 e. The first-order valence-electron chi connectivity index (χ1n) is 14.6. The van der Waals surface area contributed by atoms with Crippen LogP contribution in [0.4, 0.5) is 4.79 Å². The number of amides is 2. The number of guanidine groups is 1. The summed E-state index contributed by atoms with van der Waals surface area (Å²) in [5.74, 6) is 0.877. The van der Waals surface area contributed by atoms with Crippen LogP contribution >= 0.6 is 0 Å². The van der Waals surface area contributed by atoms with E-state index in [4.69, 9.17) is 14.5 Å². The number of nitrogens with zero attached hydrogens (tertiary/aromatic N) is 4. The topological polar surface area (TPSA) is 119 Å². The maximum Gasteiger partial charge on any atom is 0.413 e. The van der Waals surface area contributed by atoms with E-state index in [0.29, 0.717) is 56.8 Å². The van der Waals surface area contributed by atoms with Gasteiger partial charge in [0.05, 0.1) is 19.3 Å². The van der Waals surface area contributed by atoms with Crippen LogP contribution in [0.1, 0.15) is 78.1 Å². The van der Waals surface area contributed by atoms with Crippen molar-refractivity contribution < 1.29 is 19.1 Å². The van der Waals surface area contributed by atoms with Crippen molar-refractivity contribution in [2.45, 2.75) is 89.6 Å². The van der Waals surface area contributed by atoms with Gasteiger partial charge in [-0.3, -0.25) is 10.1 Å². The lowest BCUT2D eigenvalue weighted by Crippen LogP contribution is -2.56. The molecule has 1 saturated carbocycles. The average Bonchev–Trinajstić information content (AvgIpc) is 2.93. The second kappa shape index (κ2) is 15.3. The summed E-state index contributed by atoms with van der Waals surface area (Å²) in [7, 11) is 2.03. The number of nitrogens with one attached hydrogen (secondary N) is 2. The van der Waals surface area contributed by atoms with Crippen molar-refractivity contribution in [1.29, 1.82) is 5.26 Å². The van der Waals surface area contributed by atoms with Gasteiger partial charge in [0.2, 0.25) is 11.9 Å². The van der Waals surface area contributed by atoms with Crippen molar-refractivity contribution in [1.82, 2.24) is 20.4 Å². The van der Waals surface area contributed by atoms with Gasteiger partial charge in [-0.1, -0.05) is 32.1 Å². The van der Waals surface area contributed by atoms with E-state index in [1.165, 1.54) is 6.42 Å². The Hall–Kier alpha value is -2.38. The maximum atomic E-state index is 13.8. The summed E-state index contributed by atoms with van der Waals surface area (Å²) in [6.45, 7) is 8.27. The molecule has 0 aromatic carbocycles. The number of alkyl carbamates (subject to hydrolysis) is 1. The SMILES string of the molecule is CCOCC1CCCN(C(=N[C@@H](CC2CCCCC2)C(=O)NC2(C#N)CCN(C)CC2)NC(=O)OCC)C1. The molecule has 0 spiro atoms. The van der Waals surface area contributed by atoms with Crippen LogP contribution in [0.25, 0.3) is 0 Å². The fourth-order valence-corrected chi connectivity index (χ4v) is 5.82. The molecule has 2 atom stereocenters. The molecule has 3 aliphatic rings. The predicted octanol–water partition coefficient (Wildman–Crippen LogP) is 3.28. The smallest absolute Gasteiger partial charge is 0.413 e. The van der Waals surface area contributed by atoms with E-state index in [1.807, 2.05) is 14.0 Å². The van der Waals surface area contributed by atoms with Crippen LogP contribution in [0.3, 0.4) is 0 Å². The quantitative estimate of drug-likeness (QED) is 0.345. The van der Waals surface area contributed by atoms with Gasteiger partial charge in [0.15, 0.2) is 0 Å². The highest BCUT2D eigenvalue weighted by atomic mass is 16.5. The number of piperidine rings is 2. The highest BCUT2D eigenvalue weighted by Crippen LogP contribution is 2.29. The monoisotopic (exact) mass is 532 g/mol. The second-order valence-electron chi connectivity index (χ2n) is 11.2. The Morgan fingerprint density at radius 2 is 1.76 bits per heavy atom. The lowest BCUT2D eigenvalue weighted by molar-refractivity contribution is -0.124. The van der Waals surface area contributed by atoms with Gasteiger partial charge in [-0.25, -0.2) is 9.79 Å². The zero-order valence-electron chi connectivity index (χ0n) is 23.7. The minimum absolute atomic E-state index is 0.229. The number of nitriles is 1. The summed E-state index contributed by atoms with van der Waals surface area (Å²) >= 11 is 0. The van der Waals surface area contributed by atoms with Crippen molar-refractivity contribution in [3.05, 3.63) is 0 Å². The van der Waals surface area contributed by atoms with Crippen molar-refractivity contribution in [3.63, 3.8) is 0 Å². The fourth-order valence-electron chi connectivity index (χ4n) is 5.82. The van der Waals surface area contributed by atoms with E-state index < -0.39 is 17.7 Å². The Kier molecular flexibility index (Phi) is 12.1. The van der Waals surface area contributed by atoms with E-state index >= 15 is 0 Å². The van der Waals surface area contributed by atoms with Gasteiger partial charge >= 0.3 is 6.09 Å². The summed E-state index contributed by atoms with van der Waals surface area (Å²) in [5.41, 5.74) is -0.883. The first-order chi connectivity index (χ1) is 18.4. The van der Waals surface area contributed by atoms with Gasteiger partial charge in [-0.05, 0) is 64.8 Å². The largest absolute Gasteiger partial charge is 0.450 e. The summed E-state index contributed by atoms with van der Waals surface area (Å²) in [5, 5.41) is 16.0. The predicted molar refractivity (Wildman–Crippen MR) is 147 cm³/mol. The molecule has 2 aliphatic heterocycles. The van der Waals surface area contributed by atoms with Crippen LogP contribution in [0.5, 0.6) is 0 Å². The summed E-state index contributed by atoms with van der Waals surface area (Å²) in [4.78, 5) is 35.5. The van der Waals surface area contributed by atoms with Gasteiger partial charge in [0.1, 0.15) is 11.6 Å². The Morgan fingerprint density at radius 3 is 2.42 bits per heavy atom. The lowest BCUT2D eigenvalue weighted by Gasteiger charge is -2.37. The van der Waals surface area contributed by atoms with Crippen LogP contribution in [0.15, 0.2) is 4.99 Å². The number of aliphatic imine (C=N–C) groups is 1. The third-order valence-electron chi connectivity index (χ3n) is 8.14. The molecule has 10 nitrogen and oxygen atoms in total. The first-order valence-corrected chi connectivity index (χ1v) is 14.6. The molecule has 3 fully saturated rings. The summed E-state index contributed by atoms with van der Waals surface area (Å²) in [6.07, 6.45) is 8.92. The molecule has 1 unspecified atom stereocenters. The Morgan fingerprint density at radius 1 is 1.05 bits per heavy atom. The molecule has 2 N–H and O–H groups in total. The first kappa shape index (κ1) is 30.2. The molecule has 2 amide bonds. The van der Waals surface area contributed by atoms with Crippen LogP contribution in [-0.4, -0.2) is 92.4 Å². The summed E-state index contributed by atoms with van der Waals surface area (Å²) < 4.78 is 10.9. The van der Waals surface area contributed by atoms with Gasteiger partial charge < -0.3 is 24.6 Å². The molecular weight excluding hydrogens is 484 g/mol. The van der Waals surface area contributed by atoms with Crippen LogP contribution in [-0.2, 0) is 14.3 Å². The molecule has 10 heteroatoms. The number of hydrogen-bond donors (Lipinski definition) is 2. The number of likely N-dealkylation sites (tertiary alicyclic amines) is 2. The third kappa shape index (κ3) is 9.12. The lowest BCUT2D eigenvalue weighted by atomic mass is 9.84. The molecule has 0 bridgehead atoms. The molecule has 0 aromatic rings. The van der Waals surface area contributed by atoms with Gasteiger partial charge in [0.25, 0.3) is 0 Å². The number of carbonyl (C=O) groups is 2. The van der Waals surface area contributed by atoms with Crippen molar-refractivity contribution in [2.24, 2.45) is 16.8 Å². The molecule has 2 saturated heterocycles. The Balaban J connectivity index is 1.86. The fraction of sp³-hybridized carbons (Fsp3) is 0.857. The van der Waals surface area contributed by atoms with E-state index in [-0.39, 0.29) is 12.5 Å². The number of hydrogen-bond acceptors (Lipinski definition) is 7. The summed E-state index contributed by atoms with van der Waals surface area (Å²) in [6, 6.07) is 1.71. The van der Waals surface area contributed by atoms with E-state index in [1.54, 1.807) is 6.92 Å². The number of carbonyl (C=O) groups excluding carboxylic acids is 2. The minimum atomic E-state index is -0.883. The molecule has 0 radical (unpaired) electrons. The van der Waals surface area contributed by atoms with Gasteiger partial charge in [-0.2, -0.15) is 5.26 Å². The zero-order chi connectivity index (χ0) is 27.4. The number of rotatable bonds is 9. The number of ether oxygens (including phenoxy) is 2. The van der Waals surface area contributed by atoms with Gasteiger partial charge in [-0.15, -0.1) is 0 Å². The molecule has 38 heavy (non-hydrogen) atoms. The van der Waals surface area contributed by atoms with Crippen LogP contribution in [0.2, 0.25) is 0 Å². The van der Waals surface area contributed by atoms with E-state index in [9.17, 15) is 14.9 Å². The van der Waals surface area contributed by atoms with Crippen molar-refractivity contribution in [2.75, 3.05) is 53.0 Å². The van der Waals surface area contributed by atoms with Gasteiger partial charge in [0, 0.05) is 32.8 Å². The third-order valence-corrected chi connectivity index (χ3v) is 8.14. The molecule has 3 rings (SSSR count). The molecule has 0 aromatic heterocycles. The zero-order valence-corrected chi connectivity index (χ0v) is 23.7. The van der Waals surface area contributed by atoms with E-state index in [0.717, 1.165) is 58.2 Å². The highest BCUT2D eigenvalue weighted by molar-refractivity contribution is 5.96. The molecule has 1 aliphatic carbocycles. The van der Waals surface area contributed by atoms with Crippen LogP contribution < -0.4 is 10.6 Å². The second-order valence-corrected chi connectivity index (χ2v) is 11.2. The standard InChI is InChI=1S/C28H48N6O4/c1-4-37-20-23-12-9-15-34(19-23)26(31-27(36)38-5-2)30-24(18-22-10-7-6-8-11-22)25(35)32-28(21-29)13-16-33(3)17-14-28/h22-24H,4-20H2,1-3H3,(H,32,35)(H,30,31,36)/t23?,24-/m0/s1. The molecule has 214 valence electrons. The van der Waals surface area contributed by atoms with Crippen LogP contribution in [0, 0.1) is 23.2 Å². The van der Waals surface area contributed by atoms with E-state index in [2.05, 4.69) is 26.5 Å². The van der Waals surface area contributed by atoms with Crippen molar-refractivity contribution >= 4 is 18.0 Å². The maximum absolute atomic E-state index is 13.8. The molecule has 2 heterocycles. The van der Waals surface area contributed by atoms with Crippen molar-refractivity contribution in [3.8, 4) is 6.07 Å². The Labute approximate surface area is 228 Å². The normalized spacial score (nSPS) is 23.8.